The van der Waals surface area contributed by atoms with Gasteiger partial charge < -0.3 is 0 Å². The second-order valence-electron chi connectivity index (χ2n) is 6.76. The van der Waals surface area contributed by atoms with Crippen molar-refractivity contribution >= 4 is 17.4 Å². The maximum Gasteiger partial charge on any atom is 0.140 e. The molecule has 2 rings (SSSR count). The quantitative estimate of drug-likeness (QED) is 0.572. The molecule has 0 radical (unpaired) electrons. The van der Waals surface area contributed by atoms with E-state index in [-0.39, 0.29) is 0 Å². The number of carbonyl (C=O) groups excluding carboxylic acids is 1. The highest BCUT2D eigenvalue weighted by molar-refractivity contribution is 6.17. The molecule has 1 fully saturated rings. The monoisotopic (exact) mass is 320 g/mol. The number of ketones is 1. The van der Waals surface area contributed by atoms with E-state index in [1.165, 1.54) is 36.8 Å². The average molecular weight is 321 g/mol. The summed E-state index contributed by atoms with van der Waals surface area (Å²) in [5.74, 6) is 2.31. The van der Waals surface area contributed by atoms with Gasteiger partial charge in [-0.05, 0) is 62.0 Å². The van der Waals surface area contributed by atoms with E-state index in [2.05, 4.69) is 31.2 Å². The molecule has 1 aliphatic carbocycles. The van der Waals surface area contributed by atoms with Gasteiger partial charge in [-0.3, -0.25) is 4.79 Å². The zero-order chi connectivity index (χ0) is 15.8. The van der Waals surface area contributed by atoms with Crippen LogP contribution in [0.3, 0.4) is 0 Å². The molecule has 1 aliphatic rings. The molecule has 0 amide bonds. The molecule has 2 heteroatoms. The zero-order valence-corrected chi connectivity index (χ0v) is 14.6. The molecule has 0 unspecified atom stereocenters. The first-order chi connectivity index (χ1) is 10.7. The Morgan fingerprint density at radius 3 is 2.32 bits per heavy atom. The third-order valence-corrected chi connectivity index (χ3v) is 5.26. The Morgan fingerprint density at radius 2 is 1.73 bits per heavy atom. The first-order valence-electron chi connectivity index (χ1n) is 8.89. The summed E-state index contributed by atoms with van der Waals surface area (Å²) >= 11 is 5.77. The maximum atomic E-state index is 12.5. The number of alkyl halides is 1. The van der Waals surface area contributed by atoms with Crippen LogP contribution < -0.4 is 0 Å². The van der Waals surface area contributed by atoms with Crippen LogP contribution in [-0.4, -0.2) is 11.7 Å². The van der Waals surface area contributed by atoms with Crippen molar-refractivity contribution in [3.8, 4) is 0 Å². The molecule has 0 bridgehead atoms. The molecule has 1 aromatic rings. The van der Waals surface area contributed by atoms with Crippen LogP contribution in [0.4, 0.5) is 0 Å². The minimum Gasteiger partial charge on any atom is -0.299 e. The summed E-state index contributed by atoms with van der Waals surface area (Å²) in [5, 5.41) is 0. The molecule has 0 spiro atoms. The average Bonchev–Trinajstić information content (AvgIpc) is 2.55. The van der Waals surface area contributed by atoms with E-state index in [1.54, 1.807) is 0 Å². The lowest BCUT2D eigenvalue weighted by Gasteiger charge is -2.27. The molecule has 22 heavy (non-hydrogen) atoms. The fourth-order valence-corrected chi connectivity index (χ4v) is 3.75. The van der Waals surface area contributed by atoms with Crippen molar-refractivity contribution in [1.29, 1.82) is 0 Å². The van der Waals surface area contributed by atoms with Crippen LogP contribution in [-0.2, 0) is 17.6 Å². The Labute approximate surface area is 140 Å². The van der Waals surface area contributed by atoms with Crippen molar-refractivity contribution in [1.82, 2.24) is 0 Å². The van der Waals surface area contributed by atoms with Gasteiger partial charge in [0.15, 0.2) is 0 Å². The van der Waals surface area contributed by atoms with E-state index < -0.39 is 0 Å². The van der Waals surface area contributed by atoms with Crippen LogP contribution >= 0.6 is 11.6 Å². The number of rotatable bonds is 8. The standard InChI is InChI=1S/C20H29ClO/c1-2-4-16-6-8-18(9-7-16)15-20(22)19-12-10-17(11-13-19)5-3-14-21/h6-9,17,19H,2-5,10-15H2,1H3/t17-,19-. The zero-order valence-electron chi connectivity index (χ0n) is 13.8. The summed E-state index contributed by atoms with van der Waals surface area (Å²) in [7, 11) is 0. The number of halogens is 1. The lowest BCUT2D eigenvalue weighted by molar-refractivity contribution is -0.123. The number of aryl methyl sites for hydroxylation is 1. The van der Waals surface area contributed by atoms with Crippen molar-refractivity contribution in [2.24, 2.45) is 11.8 Å². The normalized spacial score (nSPS) is 21.7. The highest BCUT2D eigenvalue weighted by Gasteiger charge is 2.25. The summed E-state index contributed by atoms with van der Waals surface area (Å²) in [4.78, 5) is 12.5. The number of benzene rings is 1. The van der Waals surface area contributed by atoms with Crippen molar-refractivity contribution in [2.45, 2.75) is 64.7 Å². The van der Waals surface area contributed by atoms with Gasteiger partial charge in [-0.1, -0.05) is 37.6 Å². The van der Waals surface area contributed by atoms with Crippen LogP contribution in [0.2, 0.25) is 0 Å². The molecule has 0 atom stereocenters. The van der Waals surface area contributed by atoms with Crippen LogP contribution in [0.15, 0.2) is 24.3 Å². The van der Waals surface area contributed by atoms with Gasteiger partial charge in [-0.25, -0.2) is 0 Å². The summed E-state index contributed by atoms with van der Waals surface area (Å²) in [6, 6.07) is 8.62. The minimum atomic E-state index is 0.294. The van der Waals surface area contributed by atoms with Gasteiger partial charge in [0.1, 0.15) is 5.78 Å². The van der Waals surface area contributed by atoms with Gasteiger partial charge in [0.2, 0.25) is 0 Å². The number of hydrogen-bond acceptors (Lipinski definition) is 1. The molecule has 122 valence electrons. The van der Waals surface area contributed by atoms with Gasteiger partial charge in [0.05, 0.1) is 0 Å². The third-order valence-electron chi connectivity index (χ3n) is 4.99. The summed E-state index contributed by atoms with van der Waals surface area (Å²) in [6.45, 7) is 2.20. The van der Waals surface area contributed by atoms with E-state index >= 15 is 0 Å². The molecule has 1 nitrogen and oxygen atoms in total. The van der Waals surface area contributed by atoms with Gasteiger partial charge in [0.25, 0.3) is 0 Å². The Hall–Kier alpha value is -0.820. The Bertz CT molecular complexity index is 443. The van der Waals surface area contributed by atoms with Gasteiger partial charge in [0, 0.05) is 18.2 Å². The van der Waals surface area contributed by atoms with E-state index in [0.29, 0.717) is 18.1 Å². The number of hydrogen-bond donors (Lipinski definition) is 0. The van der Waals surface area contributed by atoms with Crippen molar-refractivity contribution in [3.05, 3.63) is 35.4 Å². The second-order valence-corrected chi connectivity index (χ2v) is 7.14. The third kappa shape index (κ3) is 5.43. The molecular formula is C20H29ClO. The van der Waals surface area contributed by atoms with Crippen molar-refractivity contribution in [2.75, 3.05) is 5.88 Å². The van der Waals surface area contributed by atoms with Crippen molar-refractivity contribution in [3.63, 3.8) is 0 Å². The highest BCUT2D eigenvalue weighted by atomic mass is 35.5. The minimum absolute atomic E-state index is 0.294. The summed E-state index contributed by atoms with van der Waals surface area (Å²) < 4.78 is 0. The first kappa shape index (κ1) is 17.5. The molecule has 0 saturated heterocycles. The SMILES string of the molecule is CCCc1ccc(CC(=O)[C@H]2CC[C@H](CCCCl)CC2)cc1. The topological polar surface area (TPSA) is 17.1 Å². The maximum absolute atomic E-state index is 12.5. The lowest BCUT2D eigenvalue weighted by atomic mass is 9.77. The van der Waals surface area contributed by atoms with Crippen LogP contribution in [0.5, 0.6) is 0 Å². The highest BCUT2D eigenvalue weighted by Crippen LogP contribution is 2.32. The molecule has 1 saturated carbocycles. The fraction of sp³-hybridized carbons (Fsp3) is 0.650. The van der Waals surface area contributed by atoms with Crippen molar-refractivity contribution < 1.29 is 4.79 Å². The molecule has 0 aromatic heterocycles. The predicted molar refractivity (Wildman–Crippen MR) is 94.6 cm³/mol. The van der Waals surface area contributed by atoms with Gasteiger partial charge in [-0.2, -0.15) is 0 Å². The van der Waals surface area contributed by atoms with Gasteiger partial charge >= 0.3 is 0 Å². The smallest absolute Gasteiger partial charge is 0.140 e. The lowest BCUT2D eigenvalue weighted by Crippen LogP contribution is -2.23. The predicted octanol–water partition coefficient (Wildman–Crippen LogP) is 5.58. The molecule has 1 aromatic carbocycles. The Kier molecular flexibility index (Phi) is 7.45. The van der Waals surface area contributed by atoms with E-state index in [1.807, 2.05) is 0 Å². The summed E-state index contributed by atoms with van der Waals surface area (Å²) in [6.07, 6.45) is 9.86. The van der Waals surface area contributed by atoms with E-state index in [0.717, 1.165) is 37.5 Å². The Balaban J connectivity index is 1.78. The van der Waals surface area contributed by atoms with Gasteiger partial charge in [-0.15, -0.1) is 11.6 Å². The molecule has 0 N–H and O–H groups in total. The number of carbonyl (C=O) groups is 1. The van der Waals surface area contributed by atoms with Crippen LogP contribution in [0.25, 0.3) is 0 Å². The van der Waals surface area contributed by atoms with E-state index in [9.17, 15) is 4.79 Å². The first-order valence-corrected chi connectivity index (χ1v) is 9.42. The van der Waals surface area contributed by atoms with Crippen LogP contribution in [0, 0.1) is 11.8 Å². The molecule has 0 heterocycles. The van der Waals surface area contributed by atoms with E-state index in [4.69, 9.17) is 11.6 Å². The fourth-order valence-electron chi connectivity index (χ4n) is 3.60. The molecule has 0 aliphatic heterocycles. The second kappa shape index (κ2) is 9.35. The largest absolute Gasteiger partial charge is 0.299 e. The summed E-state index contributed by atoms with van der Waals surface area (Å²) in [5.41, 5.74) is 2.55. The molecular weight excluding hydrogens is 292 g/mol. The Morgan fingerprint density at radius 1 is 1.09 bits per heavy atom. The number of Topliss-reactive ketones (excluding diaryl/α,β-unsaturated/α-hetero) is 1. The van der Waals surface area contributed by atoms with Crippen LogP contribution in [0.1, 0.15) is 63.0 Å².